The summed E-state index contributed by atoms with van der Waals surface area (Å²) in [7, 11) is 0. The number of hydrogen-bond donors (Lipinski definition) is 2. The summed E-state index contributed by atoms with van der Waals surface area (Å²) >= 11 is 0. The lowest BCUT2D eigenvalue weighted by Gasteiger charge is -2.07. The number of amides is 1. The molecule has 3 rings (SSSR count). The van der Waals surface area contributed by atoms with Gasteiger partial charge in [0.05, 0.1) is 0 Å². The first-order chi connectivity index (χ1) is 10.7. The Balaban J connectivity index is 1.54. The van der Waals surface area contributed by atoms with Gasteiger partial charge in [-0.2, -0.15) is 0 Å². The van der Waals surface area contributed by atoms with Crippen molar-refractivity contribution in [3.63, 3.8) is 0 Å². The molecule has 0 radical (unpaired) electrons. The van der Waals surface area contributed by atoms with Crippen LogP contribution < -0.4 is 10.6 Å². The van der Waals surface area contributed by atoms with Crippen molar-refractivity contribution in [3.05, 3.63) is 53.6 Å². The number of halogens is 1. The summed E-state index contributed by atoms with van der Waals surface area (Å²) in [6, 6.07) is 8.55. The molecule has 1 saturated carbocycles. The van der Waals surface area contributed by atoms with Crippen LogP contribution in [0.15, 0.2) is 36.5 Å². The van der Waals surface area contributed by atoms with Gasteiger partial charge in [0, 0.05) is 18.8 Å². The van der Waals surface area contributed by atoms with Crippen molar-refractivity contribution in [1.82, 2.24) is 15.3 Å². The zero-order chi connectivity index (χ0) is 15.4. The van der Waals surface area contributed by atoms with Gasteiger partial charge in [0.1, 0.15) is 11.5 Å². The van der Waals surface area contributed by atoms with Gasteiger partial charge in [-0.3, -0.25) is 4.79 Å². The molecule has 0 bridgehead atoms. The minimum atomic E-state index is -0.280. The molecule has 2 N–H and O–H groups in total. The van der Waals surface area contributed by atoms with Crippen LogP contribution in [0.25, 0.3) is 0 Å². The molecule has 1 fully saturated rings. The van der Waals surface area contributed by atoms with Crippen LogP contribution in [0.1, 0.15) is 28.9 Å². The van der Waals surface area contributed by atoms with E-state index >= 15 is 0 Å². The summed E-state index contributed by atoms with van der Waals surface area (Å²) in [5.41, 5.74) is 0.897. The highest BCUT2D eigenvalue weighted by Crippen LogP contribution is 2.22. The number of rotatable bonds is 6. The van der Waals surface area contributed by atoms with Crippen LogP contribution >= 0.6 is 0 Å². The Kier molecular flexibility index (Phi) is 4.27. The van der Waals surface area contributed by atoms with Gasteiger partial charge in [-0.1, -0.05) is 18.2 Å². The zero-order valence-corrected chi connectivity index (χ0v) is 12.1. The van der Waals surface area contributed by atoms with Crippen molar-refractivity contribution in [2.45, 2.75) is 25.3 Å². The van der Waals surface area contributed by atoms with E-state index in [4.69, 9.17) is 0 Å². The monoisotopic (exact) mass is 300 g/mol. The predicted molar refractivity (Wildman–Crippen MR) is 81.1 cm³/mol. The van der Waals surface area contributed by atoms with Crippen molar-refractivity contribution in [1.29, 1.82) is 0 Å². The van der Waals surface area contributed by atoms with E-state index in [-0.39, 0.29) is 11.7 Å². The summed E-state index contributed by atoms with van der Waals surface area (Å²) in [6.07, 6.45) is 4.23. The van der Waals surface area contributed by atoms with Gasteiger partial charge in [-0.25, -0.2) is 14.4 Å². The average molecular weight is 300 g/mol. The Hall–Kier alpha value is -2.50. The fourth-order valence-corrected chi connectivity index (χ4v) is 2.07. The molecular weight excluding hydrogens is 283 g/mol. The van der Waals surface area contributed by atoms with Crippen molar-refractivity contribution in [2.75, 3.05) is 11.9 Å². The van der Waals surface area contributed by atoms with Crippen LogP contribution in [0.3, 0.4) is 0 Å². The first kappa shape index (κ1) is 14.4. The molecule has 0 spiro atoms. The number of anilines is 1. The second kappa shape index (κ2) is 6.51. The molecule has 1 aromatic heterocycles. The van der Waals surface area contributed by atoms with E-state index in [1.165, 1.54) is 6.07 Å². The molecule has 0 atom stereocenters. The SMILES string of the molecule is O=C(NCCc1ccccc1F)c1ccnc(NC2CC2)n1. The minimum Gasteiger partial charge on any atom is -0.351 e. The van der Waals surface area contributed by atoms with E-state index < -0.39 is 0 Å². The predicted octanol–water partition coefficient (Wildman–Crippen LogP) is 2.16. The number of carbonyl (C=O) groups is 1. The van der Waals surface area contributed by atoms with Gasteiger partial charge < -0.3 is 10.6 Å². The standard InChI is InChI=1S/C16H17FN4O/c17-13-4-2-1-3-11(13)7-9-18-15(22)14-8-10-19-16(21-14)20-12-5-6-12/h1-4,8,10,12H,5-7,9H2,(H,18,22)(H,19,20,21). The average Bonchev–Trinajstić information content (AvgIpc) is 3.33. The Morgan fingerprint density at radius 2 is 2.09 bits per heavy atom. The summed E-state index contributed by atoms with van der Waals surface area (Å²) in [4.78, 5) is 20.3. The van der Waals surface area contributed by atoms with Crippen LogP contribution in [0.4, 0.5) is 10.3 Å². The summed E-state index contributed by atoms with van der Waals surface area (Å²) < 4.78 is 13.5. The third-order valence-corrected chi connectivity index (χ3v) is 3.44. The summed E-state index contributed by atoms with van der Waals surface area (Å²) in [5, 5.41) is 5.90. The van der Waals surface area contributed by atoms with Gasteiger partial charge >= 0.3 is 0 Å². The topological polar surface area (TPSA) is 66.9 Å². The van der Waals surface area contributed by atoms with Crippen LogP contribution in [-0.2, 0) is 6.42 Å². The largest absolute Gasteiger partial charge is 0.351 e. The fraction of sp³-hybridized carbons (Fsp3) is 0.312. The van der Waals surface area contributed by atoms with Gasteiger partial charge in [0.25, 0.3) is 5.91 Å². The van der Waals surface area contributed by atoms with Crippen LogP contribution in [0.2, 0.25) is 0 Å². The summed E-state index contributed by atoms with van der Waals surface area (Å²) in [5.74, 6) is -0.0588. The van der Waals surface area contributed by atoms with Gasteiger partial charge in [-0.05, 0) is 37.0 Å². The molecule has 1 aliphatic carbocycles. The van der Waals surface area contributed by atoms with E-state index in [9.17, 15) is 9.18 Å². The van der Waals surface area contributed by atoms with E-state index in [1.807, 2.05) is 0 Å². The normalized spacial score (nSPS) is 13.7. The lowest BCUT2D eigenvalue weighted by molar-refractivity contribution is 0.0949. The zero-order valence-electron chi connectivity index (χ0n) is 12.1. The van der Waals surface area contributed by atoms with Crippen LogP contribution in [0.5, 0.6) is 0 Å². The highest BCUT2D eigenvalue weighted by atomic mass is 19.1. The molecule has 1 aromatic carbocycles. The van der Waals surface area contributed by atoms with Gasteiger partial charge in [0.2, 0.25) is 5.95 Å². The molecule has 0 aliphatic heterocycles. The van der Waals surface area contributed by atoms with E-state index in [1.54, 1.807) is 30.5 Å². The van der Waals surface area contributed by atoms with E-state index in [0.29, 0.717) is 36.2 Å². The lowest BCUT2D eigenvalue weighted by atomic mass is 10.1. The molecule has 0 unspecified atom stereocenters. The van der Waals surface area contributed by atoms with Gasteiger partial charge in [0.15, 0.2) is 0 Å². The second-order valence-electron chi connectivity index (χ2n) is 5.28. The molecule has 1 aliphatic rings. The maximum atomic E-state index is 13.5. The molecular formula is C16H17FN4O. The Morgan fingerprint density at radius 3 is 2.86 bits per heavy atom. The van der Waals surface area contributed by atoms with Crippen LogP contribution in [-0.4, -0.2) is 28.5 Å². The first-order valence-electron chi connectivity index (χ1n) is 7.33. The molecule has 6 heteroatoms. The molecule has 2 aromatic rings. The maximum absolute atomic E-state index is 13.5. The van der Waals surface area contributed by atoms with E-state index in [2.05, 4.69) is 20.6 Å². The first-order valence-corrected chi connectivity index (χ1v) is 7.33. The molecule has 1 heterocycles. The smallest absolute Gasteiger partial charge is 0.270 e. The quantitative estimate of drug-likeness (QED) is 0.858. The van der Waals surface area contributed by atoms with Crippen molar-refractivity contribution in [2.24, 2.45) is 0 Å². The van der Waals surface area contributed by atoms with Crippen molar-refractivity contribution < 1.29 is 9.18 Å². The Labute approximate surface area is 128 Å². The highest BCUT2D eigenvalue weighted by molar-refractivity contribution is 5.92. The second-order valence-corrected chi connectivity index (χ2v) is 5.28. The number of aromatic nitrogens is 2. The van der Waals surface area contributed by atoms with Crippen molar-refractivity contribution >= 4 is 11.9 Å². The number of nitrogens with one attached hydrogen (secondary N) is 2. The molecule has 22 heavy (non-hydrogen) atoms. The molecule has 114 valence electrons. The maximum Gasteiger partial charge on any atom is 0.270 e. The number of benzene rings is 1. The molecule has 1 amide bonds. The third kappa shape index (κ3) is 3.78. The minimum absolute atomic E-state index is 0.255. The Bertz CT molecular complexity index is 673. The number of nitrogens with zero attached hydrogens (tertiary/aromatic N) is 2. The van der Waals surface area contributed by atoms with E-state index in [0.717, 1.165) is 12.8 Å². The van der Waals surface area contributed by atoms with Crippen molar-refractivity contribution in [3.8, 4) is 0 Å². The third-order valence-electron chi connectivity index (χ3n) is 3.44. The number of carbonyl (C=O) groups excluding carboxylic acids is 1. The fourth-order valence-electron chi connectivity index (χ4n) is 2.07. The number of hydrogen-bond acceptors (Lipinski definition) is 4. The summed E-state index contributed by atoms with van der Waals surface area (Å²) in [6.45, 7) is 0.356. The van der Waals surface area contributed by atoms with Gasteiger partial charge in [-0.15, -0.1) is 0 Å². The van der Waals surface area contributed by atoms with Crippen LogP contribution in [0, 0.1) is 5.82 Å². The highest BCUT2D eigenvalue weighted by Gasteiger charge is 2.22. The molecule has 0 saturated heterocycles. The lowest BCUT2D eigenvalue weighted by Crippen LogP contribution is -2.27. The molecule has 5 nitrogen and oxygen atoms in total. The Morgan fingerprint density at radius 1 is 1.27 bits per heavy atom.